The van der Waals surface area contributed by atoms with Gasteiger partial charge in [0.15, 0.2) is 5.78 Å². The minimum absolute atomic E-state index is 0.0134. The van der Waals surface area contributed by atoms with Crippen molar-refractivity contribution in [3.05, 3.63) is 65.0 Å². The number of anilines is 1. The Bertz CT molecular complexity index is 1050. The number of halogens is 5. The number of likely N-dealkylation sites (tertiary alicyclic amines) is 1. The van der Waals surface area contributed by atoms with E-state index >= 15 is 4.48 Å². The molecular formula is C22H20F5N3O2. The van der Waals surface area contributed by atoms with Crippen molar-refractivity contribution in [2.45, 2.75) is 37.5 Å². The van der Waals surface area contributed by atoms with Gasteiger partial charge < -0.3 is 10.2 Å². The molecule has 0 aromatic heterocycles. The van der Waals surface area contributed by atoms with Crippen LogP contribution in [-0.4, -0.2) is 35.3 Å². The van der Waals surface area contributed by atoms with E-state index in [0.29, 0.717) is 16.8 Å². The highest BCUT2D eigenvalue weighted by atomic mass is 19.4. The Morgan fingerprint density at radius 1 is 1.09 bits per heavy atom. The number of hydrogen-bond acceptors (Lipinski definition) is 3. The Morgan fingerprint density at radius 3 is 2.47 bits per heavy atom. The van der Waals surface area contributed by atoms with Gasteiger partial charge in [-0.15, -0.1) is 0 Å². The molecule has 32 heavy (non-hydrogen) atoms. The lowest BCUT2D eigenvalue weighted by Crippen LogP contribution is -2.57. The lowest BCUT2D eigenvalue weighted by molar-refractivity contribution is -0.138. The van der Waals surface area contributed by atoms with E-state index in [-0.39, 0.29) is 49.4 Å². The summed E-state index contributed by atoms with van der Waals surface area (Å²) in [5, 5.41) is 3.04. The first-order chi connectivity index (χ1) is 15.1. The van der Waals surface area contributed by atoms with Crippen molar-refractivity contribution in [3.63, 3.8) is 0 Å². The molecule has 2 heterocycles. The summed E-state index contributed by atoms with van der Waals surface area (Å²) in [5.74, 6) is -1.18. The molecule has 10 heteroatoms. The summed E-state index contributed by atoms with van der Waals surface area (Å²) in [4.78, 5) is 26.4. The summed E-state index contributed by atoms with van der Waals surface area (Å²) in [6.45, 7) is -0.162. The fraction of sp³-hybridized carbons (Fsp3) is 0.364. The van der Waals surface area contributed by atoms with E-state index in [1.54, 1.807) is 18.2 Å². The van der Waals surface area contributed by atoms with Gasteiger partial charge in [0, 0.05) is 31.6 Å². The number of carbonyl (C=O) groups is 2. The number of hydrogen-bond donors (Lipinski definition) is 1. The third kappa shape index (κ3) is 4.01. The van der Waals surface area contributed by atoms with Gasteiger partial charge in [-0.2, -0.15) is 13.2 Å². The molecule has 2 aliphatic heterocycles. The minimum Gasteiger partial charge on any atom is -0.334 e. The van der Waals surface area contributed by atoms with E-state index in [4.69, 9.17) is 0 Å². The van der Waals surface area contributed by atoms with Crippen molar-refractivity contribution in [1.29, 1.82) is 0 Å². The second-order valence-corrected chi connectivity index (χ2v) is 8.07. The fourth-order valence-electron chi connectivity index (χ4n) is 4.35. The van der Waals surface area contributed by atoms with Crippen LogP contribution in [0.5, 0.6) is 0 Å². The number of Topliss-reactive ketones (excluding diaryl/α,β-unsaturated/α-hetero) is 1. The monoisotopic (exact) mass is 453 g/mol. The normalized spacial score (nSPS) is 18.0. The van der Waals surface area contributed by atoms with Crippen molar-refractivity contribution in [2.75, 3.05) is 18.2 Å². The summed E-state index contributed by atoms with van der Waals surface area (Å²) in [6.07, 6.45) is -4.38. The molecule has 2 aliphatic rings. The topological polar surface area (TPSA) is 52.7 Å². The second-order valence-electron chi connectivity index (χ2n) is 8.07. The van der Waals surface area contributed by atoms with Gasteiger partial charge in [-0.3, -0.25) is 4.79 Å². The van der Waals surface area contributed by atoms with Gasteiger partial charge in [0.25, 0.3) is 0 Å². The van der Waals surface area contributed by atoms with Gasteiger partial charge in [-0.25, -0.2) is 14.3 Å². The van der Waals surface area contributed by atoms with Crippen molar-refractivity contribution < 1.29 is 31.6 Å². The van der Waals surface area contributed by atoms with Crippen LogP contribution >= 0.6 is 0 Å². The van der Waals surface area contributed by atoms with Crippen LogP contribution in [0.4, 0.5) is 32.5 Å². The number of nitrogens with zero attached hydrogens (tertiary/aromatic N) is 2. The van der Waals surface area contributed by atoms with Crippen LogP contribution < -0.4 is 10.4 Å². The van der Waals surface area contributed by atoms with Gasteiger partial charge in [0.1, 0.15) is 5.82 Å². The van der Waals surface area contributed by atoms with E-state index in [0.717, 1.165) is 12.1 Å². The molecule has 2 aromatic carbocycles. The van der Waals surface area contributed by atoms with Crippen LogP contribution in [0.2, 0.25) is 0 Å². The van der Waals surface area contributed by atoms with Crippen LogP contribution in [-0.2, 0) is 12.7 Å². The Labute approximate surface area is 180 Å². The van der Waals surface area contributed by atoms with E-state index in [2.05, 4.69) is 5.32 Å². The molecule has 1 saturated heterocycles. The highest BCUT2D eigenvalue weighted by molar-refractivity contribution is 6.04. The zero-order valence-corrected chi connectivity index (χ0v) is 16.9. The third-order valence-electron chi connectivity index (χ3n) is 6.11. The Morgan fingerprint density at radius 2 is 1.78 bits per heavy atom. The predicted molar refractivity (Wildman–Crippen MR) is 106 cm³/mol. The number of piperidine rings is 1. The van der Waals surface area contributed by atoms with Crippen LogP contribution in [0.3, 0.4) is 0 Å². The zero-order chi connectivity index (χ0) is 23.1. The molecule has 2 aromatic rings. The first-order valence-electron chi connectivity index (χ1n) is 10.1. The van der Waals surface area contributed by atoms with Crippen molar-refractivity contribution in [3.8, 4) is 0 Å². The fourth-order valence-corrected chi connectivity index (χ4v) is 4.35. The first-order valence-corrected chi connectivity index (χ1v) is 10.1. The van der Waals surface area contributed by atoms with Crippen LogP contribution in [0.25, 0.3) is 0 Å². The molecule has 4 rings (SSSR count). The molecule has 1 N–H and O–H groups in total. The summed E-state index contributed by atoms with van der Waals surface area (Å²) < 4.78 is 67.8. The van der Waals surface area contributed by atoms with Crippen LogP contribution in [0.15, 0.2) is 42.5 Å². The molecule has 0 radical (unpaired) electrons. The molecule has 0 unspecified atom stereocenters. The maximum atomic E-state index is 15.2. The van der Waals surface area contributed by atoms with Crippen LogP contribution in [0, 0.1) is 5.82 Å². The molecule has 0 aliphatic carbocycles. The Hall–Kier alpha value is -3.17. The lowest BCUT2D eigenvalue weighted by Gasteiger charge is -2.47. The largest absolute Gasteiger partial charge is 0.416 e. The second kappa shape index (κ2) is 8.07. The Kier molecular flexibility index (Phi) is 5.56. The van der Waals surface area contributed by atoms with Crippen molar-refractivity contribution in [1.82, 2.24) is 10.2 Å². The number of carbonyl (C=O) groups excluding carboxylic acids is 2. The number of fused-ring (bicyclic) bond motifs is 1. The molecule has 0 atom stereocenters. The number of urea groups is 1. The summed E-state index contributed by atoms with van der Waals surface area (Å²) in [7, 11) is 0. The standard InChI is InChI=1S/C22H20F5N3O2/c23-15-6-5-14(17(11-15)22(24,25)26)13-28-20(32)29-9-7-21(8-10-29)12-19(31)16-3-1-2-4-18(16)30(21)27/h1-6,11H,7-10,12-13H2,(H,28,32). The van der Waals surface area contributed by atoms with Gasteiger partial charge in [-0.1, -0.05) is 22.7 Å². The maximum absolute atomic E-state index is 15.2. The maximum Gasteiger partial charge on any atom is 0.416 e. The average Bonchev–Trinajstić information content (AvgIpc) is 2.76. The molecule has 1 spiro atoms. The van der Waals surface area contributed by atoms with Gasteiger partial charge in [0.05, 0.1) is 16.8 Å². The average molecular weight is 453 g/mol. The zero-order valence-electron chi connectivity index (χ0n) is 16.9. The quantitative estimate of drug-likeness (QED) is 0.522. The number of ketones is 1. The number of rotatable bonds is 2. The lowest BCUT2D eigenvalue weighted by atomic mass is 9.78. The summed E-state index contributed by atoms with van der Waals surface area (Å²) in [6, 6.07) is 8.08. The molecule has 1 fully saturated rings. The number of para-hydroxylation sites is 1. The minimum atomic E-state index is -4.76. The number of alkyl halides is 3. The van der Waals surface area contributed by atoms with Crippen LogP contribution in [0.1, 0.15) is 40.7 Å². The molecule has 2 amide bonds. The van der Waals surface area contributed by atoms with Crippen molar-refractivity contribution in [2.24, 2.45) is 0 Å². The van der Waals surface area contributed by atoms with Gasteiger partial charge >= 0.3 is 12.2 Å². The third-order valence-corrected chi connectivity index (χ3v) is 6.11. The number of amides is 2. The SMILES string of the molecule is O=C1CC2(CCN(C(=O)NCc3ccc(F)cc3C(F)(F)F)CC2)N(F)c2ccccc21. The highest BCUT2D eigenvalue weighted by Gasteiger charge is 2.47. The molecule has 5 nitrogen and oxygen atoms in total. The van der Waals surface area contributed by atoms with E-state index in [1.165, 1.54) is 11.0 Å². The van der Waals surface area contributed by atoms with E-state index < -0.39 is 35.7 Å². The van der Waals surface area contributed by atoms with E-state index in [9.17, 15) is 27.2 Å². The number of benzene rings is 2. The number of nitrogens with one attached hydrogen (secondary N) is 1. The van der Waals surface area contributed by atoms with Gasteiger partial charge in [-0.05, 0) is 42.7 Å². The van der Waals surface area contributed by atoms with E-state index in [1.807, 2.05) is 0 Å². The molecule has 0 saturated carbocycles. The molecule has 0 bridgehead atoms. The van der Waals surface area contributed by atoms with Gasteiger partial charge in [0.2, 0.25) is 0 Å². The predicted octanol–water partition coefficient (Wildman–Crippen LogP) is 4.87. The summed E-state index contributed by atoms with van der Waals surface area (Å²) in [5.41, 5.74) is -1.94. The smallest absolute Gasteiger partial charge is 0.334 e. The summed E-state index contributed by atoms with van der Waals surface area (Å²) >= 11 is 0. The Balaban J connectivity index is 1.41. The molecular weight excluding hydrogens is 433 g/mol. The molecule has 170 valence electrons. The van der Waals surface area contributed by atoms with Crippen molar-refractivity contribution >= 4 is 17.5 Å². The first kappa shape index (κ1) is 22.0. The highest BCUT2D eigenvalue weighted by Crippen LogP contribution is 2.43.